The maximum absolute atomic E-state index is 11.3. The lowest BCUT2D eigenvalue weighted by atomic mass is 10.2. The molecule has 0 aliphatic heterocycles. The minimum atomic E-state index is -0.546. The molecule has 8 heteroatoms. The van der Waals surface area contributed by atoms with Gasteiger partial charge in [0.15, 0.2) is 0 Å². The molecule has 104 valence electrons. The Kier molecular flexibility index (Phi) is 4.06. The Bertz CT molecular complexity index is 604. The molecule has 0 spiro atoms. The average Bonchev–Trinajstić information content (AvgIpc) is 2.48. The van der Waals surface area contributed by atoms with Crippen molar-refractivity contribution in [3.8, 4) is 0 Å². The minimum Gasteiger partial charge on any atom is -0.321 e. The number of nitrogens with two attached hydrogens (primary N) is 1. The molecule has 0 fully saturated rings. The molecule has 0 radical (unpaired) electrons. The normalized spacial score (nSPS) is 10.1. The highest BCUT2D eigenvalue weighted by Crippen LogP contribution is 2.34. The average molecular weight is 274 g/mol. The molecule has 20 heavy (non-hydrogen) atoms. The van der Waals surface area contributed by atoms with Crippen molar-refractivity contribution in [1.82, 2.24) is 9.97 Å². The highest BCUT2D eigenvalue weighted by atomic mass is 16.6. The number of benzene rings is 1. The van der Waals surface area contributed by atoms with Crippen LogP contribution in [-0.4, -0.2) is 21.4 Å². The van der Waals surface area contributed by atoms with Crippen LogP contribution in [0.3, 0.4) is 0 Å². The molecule has 0 aliphatic carbocycles. The van der Waals surface area contributed by atoms with Crippen molar-refractivity contribution >= 4 is 23.0 Å². The molecule has 0 saturated carbocycles. The van der Waals surface area contributed by atoms with Gasteiger partial charge in [-0.25, -0.2) is 15.8 Å². The number of hydrogen-bond acceptors (Lipinski definition) is 7. The summed E-state index contributed by atoms with van der Waals surface area (Å²) in [5.41, 5.74) is 2.78. The SMILES string of the molecule is CCN(c1ccccc1)c1ncnc(NN)c1[N+](=O)[O-]. The summed E-state index contributed by atoms with van der Waals surface area (Å²) in [5, 5.41) is 11.3. The molecule has 2 aromatic rings. The number of nitrogen functional groups attached to an aromatic ring is 1. The summed E-state index contributed by atoms with van der Waals surface area (Å²) >= 11 is 0. The van der Waals surface area contributed by atoms with Crippen molar-refractivity contribution in [2.45, 2.75) is 6.92 Å². The van der Waals surface area contributed by atoms with Crippen molar-refractivity contribution < 1.29 is 4.92 Å². The number of anilines is 3. The van der Waals surface area contributed by atoms with Gasteiger partial charge in [-0.3, -0.25) is 10.1 Å². The zero-order chi connectivity index (χ0) is 14.5. The van der Waals surface area contributed by atoms with E-state index in [1.54, 1.807) is 4.90 Å². The van der Waals surface area contributed by atoms with Crippen molar-refractivity contribution in [2.75, 3.05) is 16.9 Å². The second-order valence-electron chi connectivity index (χ2n) is 3.88. The number of rotatable bonds is 5. The summed E-state index contributed by atoms with van der Waals surface area (Å²) in [7, 11) is 0. The van der Waals surface area contributed by atoms with E-state index < -0.39 is 4.92 Å². The topological polar surface area (TPSA) is 110 Å². The Morgan fingerprint density at radius 3 is 2.60 bits per heavy atom. The van der Waals surface area contributed by atoms with Crippen LogP contribution >= 0.6 is 0 Å². The monoisotopic (exact) mass is 274 g/mol. The first-order valence-electron chi connectivity index (χ1n) is 5.97. The third-order valence-electron chi connectivity index (χ3n) is 2.76. The fourth-order valence-electron chi connectivity index (χ4n) is 1.90. The van der Waals surface area contributed by atoms with E-state index in [1.807, 2.05) is 37.3 Å². The number of nitro groups is 1. The minimum absolute atomic E-state index is 0.0191. The largest absolute Gasteiger partial charge is 0.355 e. The second-order valence-corrected chi connectivity index (χ2v) is 3.88. The van der Waals surface area contributed by atoms with Gasteiger partial charge in [0.25, 0.3) is 0 Å². The molecule has 1 heterocycles. The molecule has 0 bridgehead atoms. The summed E-state index contributed by atoms with van der Waals surface area (Å²) in [6, 6.07) is 9.29. The lowest BCUT2D eigenvalue weighted by molar-refractivity contribution is -0.383. The van der Waals surface area contributed by atoms with Crippen LogP contribution in [0.5, 0.6) is 0 Å². The van der Waals surface area contributed by atoms with E-state index >= 15 is 0 Å². The number of nitrogens with one attached hydrogen (secondary N) is 1. The van der Waals surface area contributed by atoms with Gasteiger partial charge in [-0.05, 0) is 19.1 Å². The molecule has 0 saturated heterocycles. The van der Waals surface area contributed by atoms with Crippen LogP contribution in [-0.2, 0) is 0 Å². The quantitative estimate of drug-likeness (QED) is 0.486. The van der Waals surface area contributed by atoms with Gasteiger partial charge in [0.2, 0.25) is 11.6 Å². The number of hydrazine groups is 1. The zero-order valence-corrected chi connectivity index (χ0v) is 10.9. The van der Waals surface area contributed by atoms with Gasteiger partial charge in [-0.1, -0.05) is 18.2 Å². The first kappa shape index (κ1) is 13.7. The molecule has 8 nitrogen and oxygen atoms in total. The van der Waals surface area contributed by atoms with E-state index in [4.69, 9.17) is 5.84 Å². The maximum atomic E-state index is 11.3. The summed E-state index contributed by atoms with van der Waals surface area (Å²) in [6.07, 6.45) is 1.24. The van der Waals surface area contributed by atoms with Crippen LogP contribution in [0.4, 0.5) is 23.0 Å². The van der Waals surface area contributed by atoms with Gasteiger partial charge in [0, 0.05) is 12.2 Å². The fourth-order valence-corrected chi connectivity index (χ4v) is 1.90. The molecular weight excluding hydrogens is 260 g/mol. The van der Waals surface area contributed by atoms with E-state index in [2.05, 4.69) is 15.4 Å². The van der Waals surface area contributed by atoms with Crippen molar-refractivity contribution in [2.24, 2.45) is 5.84 Å². The molecule has 2 rings (SSSR count). The Morgan fingerprint density at radius 1 is 1.35 bits per heavy atom. The van der Waals surface area contributed by atoms with E-state index in [0.717, 1.165) is 5.69 Å². The van der Waals surface area contributed by atoms with E-state index in [9.17, 15) is 10.1 Å². The summed E-state index contributed by atoms with van der Waals surface area (Å²) in [4.78, 5) is 20.2. The first-order chi connectivity index (χ1) is 9.69. The number of aromatic nitrogens is 2. The predicted octanol–water partition coefficient (Wildman–Crippen LogP) is 1.83. The molecule has 0 atom stereocenters. The highest BCUT2D eigenvalue weighted by molar-refractivity contribution is 5.75. The third kappa shape index (κ3) is 2.50. The van der Waals surface area contributed by atoms with Crippen molar-refractivity contribution in [3.63, 3.8) is 0 Å². The lowest BCUT2D eigenvalue weighted by Gasteiger charge is -2.21. The highest BCUT2D eigenvalue weighted by Gasteiger charge is 2.26. The van der Waals surface area contributed by atoms with Crippen LogP contribution in [0.2, 0.25) is 0 Å². The van der Waals surface area contributed by atoms with Crippen molar-refractivity contribution in [3.05, 3.63) is 46.8 Å². The van der Waals surface area contributed by atoms with Crippen LogP contribution in [0.15, 0.2) is 36.7 Å². The Balaban J connectivity index is 2.58. The molecule has 0 unspecified atom stereocenters. The smallest absolute Gasteiger partial charge is 0.321 e. The van der Waals surface area contributed by atoms with Crippen LogP contribution in [0.1, 0.15) is 6.92 Å². The summed E-state index contributed by atoms with van der Waals surface area (Å²) in [6.45, 7) is 2.40. The van der Waals surface area contributed by atoms with Crippen LogP contribution in [0.25, 0.3) is 0 Å². The van der Waals surface area contributed by atoms with Gasteiger partial charge in [-0.15, -0.1) is 0 Å². The fraction of sp³-hybridized carbons (Fsp3) is 0.167. The summed E-state index contributed by atoms with van der Waals surface area (Å²) < 4.78 is 0. The van der Waals surface area contributed by atoms with Gasteiger partial charge < -0.3 is 10.3 Å². The Morgan fingerprint density at radius 2 is 2.05 bits per heavy atom. The van der Waals surface area contributed by atoms with Gasteiger partial charge >= 0.3 is 5.69 Å². The molecule has 3 N–H and O–H groups in total. The van der Waals surface area contributed by atoms with Gasteiger partial charge in [-0.2, -0.15) is 0 Å². The molecule has 0 amide bonds. The second kappa shape index (κ2) is 5.93. The van der Waals surface area contributed by atoms with Crippen molar-refractivity contribution in [1.29, 1.82) is 0 Å². The van der Waals surface area contributed by atoms with E-state index in [1.165, 1.54) is 6.33 Å². The third-order valence-corrected chi connectivity index (χ3v) is 2.76. The number of hydrogen-bond donors (Lipinski definition) is 2. The molecule has 0 aliphatic rings. The Labute approximate surface area is 115 Å². The zero-order valence-electron chi connectivity index (χ0n) is 10.9. The number of nitrogens with zero attached hydrogens (tertiary/aromatic N) is 4. The number of para-hydroxylation sites is 1. The van der Waals surface area contributed by atoms with Crippen LogP contribution < -0.4 is 16.2 Å². The molecule has 1 aromatic heterocycles. The molecular formula is C12H14N6O2. The summed E-state index contributed by atoms with van der Waals surface area (Å²) in [5.74, 6) is 5.46. The van der Waals surface area contributed by atoms with E-state index in [0.29, 0.717) is 6.54 Å². The van der Waals surface area contributed by atoms with Gasteiger partial charge in [0.05, 0.1) is 4.92 Å². The standard InChI is InChI=1S/C12H14N6O2/c1-2-17(9-6-4-3-5-7-9)12-10(18(19)20)11(16-13)14-8-15-12/h3-8H,2,13H2,1H3,(H,14,15,16). The van der Waals surface area contributed by atoms with E-state index in [-0.39, 0.29) is 17.3 Å². The Hall–Kier alpha value is -2.74. The first-order valence-corrected chi connectivity index (χ1v) is 5.97. The van der Waals surface area contributed by atoms with Gasteiger partial charge in [0.1, 0.15) is 6.33 Å². The maximum Gasteiger partial charge on any atom is 0.355 e. The predicted molar refractivity (Wildman–Crippen MR) is 75.6 cm³/mol. The van der Waals surface area contributed by atoms with Crippen LogP contribution in [0, 0.1) is 10.1 Å². The lowest BCUT2D eigenvalue weighted by Crippen LogP contribution is -2.21. The molecule has 1 aromatic carbocycles.